The van der Waals surface area contributed by atoms with Gasteiger partial charge in [0.1, 0.15) is 0 Å². The van der Waals surface area contributed by atoms with Crippen LogP contribution in [0.3, 0.4) is 0 Å². The first-order chi connectivity index (χ1) is 9.22. The zero-order valence-electron chi connectivity index (χ0n) is 10.1. The smallest absolute Gasteiger partial charge is 0.0648 e. The van der Waals surface area contributed by atoms with E-state index in [0.717, 1.165) is 26.3 Å². The maximum Gasteiger partial charge on any atom is 0.0648 e. The van der Waals surface area contributed by atoms with Crippen molar-refractivity contribution in [1.82, 2.24) is 4.98 Å². The zero-order valence-corrected chi connectivity index (χ0v) is 13.0. The zero-order chi connectivity index (χ0) is 13.2. The molecule has 0 atom stereocenters. The van der Waals surface area contributed by atoms with E-state index in [1.165, 1.54) is 10.9 Å². The molecule has 0 unspecified atom stereocenters. The first-order valence-corrected chi connectivity index (χ1v) is 7.43. The standard InChI is InChI=1S/C15H12ClIN2/c16-13-8-12(17)3-4-14(13)19-9-10-1-2-11-5-6-18-15(11)7-10/h1-8,18-19H,9H2. The van der Waals surface area contributed by atoms with E-state index in [4.69, 9.17) is 11.6 Å². The van der Waals surface area contributed by atoms with Crippen LogP contribution in [0, 0.1) is 3.57 Å². The monoisotopic (exact) mass is 382 g/mol. The summed E-state index contributed by atoms with van der Waals surface area (Å²) in [5, 5.41) is 5.35. The molecule has 1 aromatic heterocycles. The maximum atomic E-state index is 6.20. The van der Waals surface area contributed by atoms with Gasteiger partial charge in [-0.25, -0.2) is 0 Å². The number of aromatic nitrogens is 1. The largest absolute Gasteiger partial charge is 0.380 e. The molecule has 2 nitrogen and oxygen atoms in total. The number of halogens is 2. The van der Waals surface area contributed by atoms with Crippen molar-refractivity contribution < 1.29 is 0 Å². The van der Waals surface area contributed by atoms with Crippen molar-refractivity contribution in [2.45, 2.75) is 6.54 Å². The topological polar surface area (TPSA) is 27.8 Å². The minimum Gasteiger partial charge on any atom is -0.380 e. The second-order valence-corrected chi connectivity index (χ2v) is 6.03. The summed E-state index contributed by atoms with van der Waals surface area (Å²) in [5.41, 5.74) is 3.35. The van der Waals surface area contributed by atoms with E-state index >= 15 is 0 Å². The molecule has 3 rings (SSSR count). The van der Waals surface area contributed by atoms with Crippen LogP contribution in [0.2, 0.25) is 5.02 Å². The molecule has 2 aromatic carbocycles. The van der Waals surface area contributed by atoms with Crippen LogP contribution in [0.5, 0.6) is 0 Å². The third kappa shape index (κ3) is 2.87. The molecule has 0 saturated heterocycles. The van der Waals surface area contributed by atoms with Gasteiger partial charge in [0.05, 0.1) is 10.7 Å². The predicted octanol–water partition coefficient (Wildman–Crippen LogP) is 5.04. The Morgan fingerprint density at radius 3 is 2.84 bits per heavy atom. The molecule has 0 radical (unpaired) electrons. The van der Waals surface area contributed by atoms with Gasteiger partial charge in [-0.05, 0) is 63.9 Å². The Labute approximate surface area is 130 Å². The number of H-pyrrole nitrogens is 1. The normalized spacial score (nSPS) is 10.8. The van der Waals surface area contributed by atoms with Crippen LogP contribution >= 0.6 is 34.2 Å². The number of aromatic amines is 1. The molecule has 0 amide bonds. The molecule has 0 saturated carbocycles. The third-order valence-electron chi connectivity index (χ3n) is 3.03. The van der Waals surface area contributed by atoms with Crippen molar-refractivity contribution >= 4 is 50.8 Å². The highest BCUT2D eigenvalue weighted by Gasteiger charge is 2.02. The fraction of sp³-hybridized carbons (Fsp3) is 0.0667. The number of benzene rings is 2. The van der Waals surface area contributed by atoms with Crippen LogP contribution in [-0.2, 0) is 6.54 Å². The second kappa shape index (κ2) is 5.43. The van der Waals surface area contributed by atoms with Gasteiger partial charge in [-0.2, -0.15) is 0 Å². The van der Waals surface area contributed by atoms with Gasteiger partial charge >= 0.3 is 0 Å². The lowest BCUT2D eigenvalue weighted by Gasteiger charge is -2.09. The van der Waals surface area contributed by atoms with Gasteiger partial charge < -0.3 is 10.3 Å². The summed E-state index contributed by atoms with van der Waals surface area (Å²) in [6.07, 6.45) is 1.96. The minimum absolute atomic E-state index is 0.757. The number of hydrogen-bond acceptors (Lipinski definition) is 1. The van der Waals surface area contributed by atoms with E-state index in [2.05, 4.69) is 57.2 Å². The fourth-order valence-electron chi connectivity index (χ4n) is 2.04. The second-order valence-electron chi connectivity index (χ2n) is 4.38. The lowest BCUT2D eigenvalue weighted by molar-refractivity contribution is 1.15. The lowest BCUT2D eigenvalue weighted by Crippen LogP contribution is -1.99. The van der Waals surface area contributed by atoms with Crippen molar-refractivity contribution in [2.24, 2.45) is 0 Å². The van der Waals surface area contributed by atoms with E-state index in [1.54, 1.807) is 0 Å². The summed E-state index contributed by atoms with van der Waals surface area (Å²) < 4.78 is 1.14. The third-order valence-corrected chi connectivity index (χ3v) is 4.02. The summed E-state index contributed by atoms with van der Waals surface area (Å²) in [7, 11) is 0. The Morgan fingerprint density at radius 2 is 2.00 bits per heavy atom. The quantitative estimate of drug-likeness (QED) is 0.610. The molecular weight excluding hydrogens is 371 g/mol. The Balaban J connectivity index is 1.77. The Hall–Kier alpha value is -1.20. The van der Waals surface area contributed by atoms with E-state index in [-0.39, 0.29) is 0 Å². The van der Waals surface area contributed by atoms with Gasteiger partial charge in [0.2, 0.25) is 0 Å². The molecule has 0 aliphatic heterocycles. The predicted molar refractivity (Wildman–Crippen MR) is 89.8 cm³/mol. The number of anilines is 1. The minimum atomic E-state index is 0.757. The van der Waals surface area contributed by atoms with Gasteiger partial charge in [-0.3, -0.25) is 0 Å². The first-order valence-electron chi connectivity index (χ1n) is 5.97. The van der Waals surface area contributed by atoms with Crippen LogP contribution in [0.1, 0.15) is 5.56 Å². The van der Waals surface area contributed by atoms with Gasteiger partial charge in [-0.1, -0.05) is 23.7 Å². The lowest BCUT2D eigenvalue weighted by atomic mass is 10.1. The SMILES string of the molecule is Clc1cc(I)ccc1NCc1ccc2cc[nH]c2c1. The highest BCUT2D eigenvalue weighted by Crippen LogP contribution is 2.24. The van der Waals surface area contributed by atoms with Crippen LogP contribution in [-0.4, -0.2) is 4.98 Å². The van der Waals surface area contributed by atoms with Crippen molar-refractivity contribution in [3.8, 4) is 0 Å². The molecule has 4 heteroatoms. The number of fused-ring (bicyclic) bond motifs is 1. The Morgan fingerprint density at radius 1 is 1.11 bits per heavy atom. The maximum absolute atomic E-state index is 6.20. The Bertz CT molecular complexity index is 721. The average molecular weight is 383 g/mol. The summed E-state index contributed by atoms with van der Waals surface area (Å²) in [6, 6.07) is 14.5. The molecule has 0 aliphatic rings. The number of nitrogens with one attached hydrogen (secondary N) is 2. The molecule has 19 heavy (non-hydrogen) atoms. The number of hydrogen-bond donors (Lipinski definition) is 2. The highest BCUT2D eigenvalue weighted by atomic mass is 127. The molecule has 0 aliphatic carbocycles. The average Bonchev–Trinajstić information content (AvgIpc) is 2.85. The van der Waals surface area contributed by atoms with Gasteiger partial charge in [0.15, 0.2) is 0 Å². The molecule has 2 N–H and O–H groups in total. The van der Waals surface area contributed by atoms with E-state index < -0.39 is 0 Å². The molecule has 0 bridgehead atoms. The van der Waals surface area contributed by atoms with Crippen LogP contribution in [0.15, 0.2) is 48.7 Å². The van der Waals surface area contributed by atoms with Crippen molar-refractivity contribution in [1.29, 1.82) is 0 Å². The Kier molecular flexibility index (Phi) is 3.66. The van der Waals surface area contributed by atoms with Gasteiger partial charge in [0, 0.05) is 21.8 Å². The summed E-state index contributed by atoms with van der Waals surface area (Å²) in [5.74, 6) is 0. The molecule has 3 aromatic rings. The summed E-state index contributed by atoms with van der Waals surface area (Å²) >= 11 is 8.45. The van der Waals surface area contributed by atoms with Crippen molar-refractivity contribution in [3.05, 3.63) is 62.8 Å². The number of rotatable bonds is 3. The molecule has 96 valence electrons. The molecule has 1 heterocycles. The molecule has 0 spiro atoms. The summed E-state index contributed by atoms with van der Waals surface area (Å²) in [6.45, 7) is 0.759. The van der Waals surface area contributed by atoms with E-state index in [0.29, 0.717) is 0 Å². The fourth-order valence-corrected chi connectivity index (χ4v) is 2.96. The van der Waals surface area contributed by atoms with E-state index in [9.17, 15) is 0 Å². The molecular formula is C15H12ClIN2. The van der Waals surface area contributed by atoms with Crippen LogP contribution < -0.4 is 5.32 Å². The van der Waals surface area contributed by atoms with Gasteiger partial charge in [-0.15, -0.1) is 0 Å². The van der Waals surface area contributed by atoms with E-state index in [1.807, 2.05) is 24.4 Å². The summed E-state index contributed by atoms with van der Waals surface area (Å²) in [4.78, 5) is 3.22. The molecule has 0 fully saturated rings. The van der Waals surface area contributed by atoms with Crippen molar-refractivity contribution in [2.75, 3.05) is 5.32 Å². The first kappa shape index (κ1) is 12.8. The van der Waals surface area contributed by atoms with Crippen LogP contribution in [0.4, 0.5) is 5.69 Å². The van der Waals surface area contributed by atoms with Crippen molar-refractivity contribution in [3.63, 3.8) is 0 Å². The van der Waals surface area contributed by atoms with Crippen LogP contribution in [0.25, 0.3) is 10.9 Å². The highest BCUT2D eigenvalue weighted by molar-refractivity contribution is 14.1. The van der Waals surface area contributed by atoms with Gasteiger partial charge in [0.25, 0.3) is 0 Å².